The highest BCUT2D eigenvalue weighted by molar-refractivity contribution is 7.13. The van der Waals surface area contributed by atoms with Crippen LogP contribution in [-0.2, 0) is 22.5 Å². The minimum Gasteiger partial charge on any atom is -0.466 e. The fourth-order valence-electron chi connectivity index (χ4n) is 1.78. The summed E-state index contributed by atoms with van der Waals surface area (Å²) in [4.78, 5) is 15.7. The Balaban J connectivity index is 1.83. The number of aryl methyl sites for hydroxylation is 1. The fourth-order valence-corrected chi connectivity index (χ4v) is 2.73. The van der Waals surface area contributed by atoms with E-state index in [4.69, 9.17) is 16.3 Å². The lowest BCUT2D eigenvalue weighted by atomic mass is 10.2. The molecule has 0 saturated heterocycles. The number of ether oxygens (including phenoxy) is 1. The Morgan fingerprint density at radius 3 is 3.00 bits per heavy atom. The van der Waals surface area contributed by atoms with Crippen LogP contribution in [0.15, 0.2) is 29.6 Å². The van der Waals surface area contributed by atoms with Gasteiger partial charge in [0.05, 0.1) is 18.7 Å². The van der Waals surface area contributed by atoms with Crippen LogP contribution in [0.25, 0.3) is 0 Å². The van der Waals surface area contributed by atoms with E-state index in [9.17, 15) is 4.79 Å². The Hall–Kier alpha value is -1.59. The number of aromatic nitrogens is 1. The van der Waals surface area contributed by atoms with E-state index in [0.29, 0.717) is 26.0 Å². The second-order valence-corrected chi connectivity index (χ2v) is 5.66. The van der Waals surface area contributed by atoms with Gasteiger partial charge in [-0.2, -0.15) is 0 Å². The average Bonchev–Trinajstić information content (AvgIpc) is 2.93. The van der Waals surface area contributed by atoms with Gasteiger partial charge in [0.2, 0.25) is 0 Å². The Morgan fingerprint density at radius 2 is 2.24 bits per heavy atom. The van der Waals surface area contributed by atoms with Gasteiger partial charge in [-0.3, -0.25) is 4.79 Å². The van der Waals surface area contributed by atoms with Gasteiger partial charge in [-0.15, -0.1) is 11.3 Å². The summed E-state index contributed by atoms with van der Waals surface area (Å²) in [6.07, 6.45) is 0.963. The molecule has 4 nitrogen and oxygen atoms in total. The van der Waals surface area contributed by atoms with Crippen molar-refractivity contribution in [3.63, 3.8) is 0 Å². The van der Waals surface area contributed by atoms with Crippen molar-refractivity contribution in [3.05, 3.63) is 45.9 Å². The number of carbonyl (C=O) groups excluding carboxylic acids is 1. The third-order valence-electron chi connectivity index (χ3n) is 2.83. The van der Waals surface area contributed by atoms with Crippen molar-refractivity contribution in [1.29, 1.82) is 0 Å². The molecule has 0 bridgehead atoms. The topological polar surface area (TPSA) is 51.2 Å². The van der Waals surface area contributed by atoms with Crippen LogP contribution in [-0.4, -0.2) is 17.6 Å². The van der Waals surface area contributed by atoms with Crippen LogP contribution in [0.5, 0.6) is 0 Å². The van der Waals surface area contributed by atoms with Gasteiger partial charge in [0.1, 0.15) is 0 Å². The van der Waals surface area contributed by atoms with Gasteiger partial charge in [-0.1, -0.05) is 29.8 Å². The van der Waals surface area contributed by atoms with Crippen molar-refractivity contribution in [2.24, 2.45) is 0 Å². The second kappa shape index (κ2) is 8.00. The smallest absolute Gasteiger partial charge is 0.306 e. The molecule has 0 saturated carbocycles. The van der Waals surface area contributed by atoms with Gasteiger partial charge in [0.15, 0.2) is 5.13 Å². The molecule has 0 fully saturated rings. The monoisotopic (exact) mass is 324 g/mol. The molecule has 1 aromatic heterocycles. The van der Waals surface area contributed by atoms with Crippen LogP contribution in [0.2, 0.25) is 5.02 Å². The van der Waals surface area contributed by atoms with E-state index in [0.717, 1.165) is 21.4 Å². The second-order valence-electron chi connectivity index (χ2n) is 4.39. The molecule has 0 radical (unpaired) electrons. The van der Waals surface area contributed by atoms with Crippen molar-refractivity contribution in [1.82, 2.24) is 4.98 Å². The van der Waals surface area contributed by atoms with Crippen molar-refractivity contribution >= 4 is 34.0 Å². The lowest BCUT2D eigenvalue weighted by Crippen LogP contribution is -2.05. The Bertz CT molecular complexity index is 601. The number of nitrogens with one attached hydrogen (secondary N) is 1. The van der Waals surface area contributed by atoms with E-state index in [1.807, 2.05) is 29.6 Å². The van der Waals surface area contributed by atoms with Gasteiger partial charge >= 0.3 is 5.97 Å². The number of hydrogen-bond acceptors (Lipinski definition) is 5. The molecule has 0 amide bonds. The number of rotatable bonds is 7. The van der Waals surface area contributed by atoms with Crippen molar-refractivity contribution in [2.45, 2.75) is 26.3 Å². The summed E-state index contributed by atoms with van der Waals surface area (Å²) in [7, 11) is 0. The lowest BCUT2D eigenvalue weighted by Gasteiger charge is -2.04. The lowest BCUT2D eigenvalue weighted by molar-refractivity contribution is -0.143. The quantitative estimate of drug-likeness (QED) is 0.785. The Labute approximate surface area is 133 Å². The number of anilines is 1. The molecule has 1 heterocycles. The molecule has 6 heteroatoms. The highest BCUT2D eigenvalue weighted by atomic mass is 35.5. The molecule has 1 N–H and O–H groups in total. The third-order valence-corrected chi connectivity index (χ3v) is 4.05. The summed E-state index contributed by atoms with van der Waals surface area (Å²) in [6.45, 7) is 2.85. The maximum atomic E-state index is 11.3. The Kier molecular flexibility index (Phi) is 6.02. The van der Waals surface area contributed by atoms with E-state index in [2.05, 4.69) is 10.3 Å². The predicted octanol–water partition coefficient (Wildman–Crippen LogP) is 3.90. The van der Waals surface area contributed by atoms with Crippen LogP contribution in [0.1, 0.15) is 24.6 Å². The minimum absolute atomic E-state index is 0.184. The number of esters is 1. The summed E-state index contributed by atoms with van der Waals surface area (Å²) < 4.78 is 4.90. The van der Waals surface area contributed by atoms with E-state index < -0.39 is 0 Å². The standard InChI is InChI=1S/C15H17ClN2O2S/c1-2-20-14(19)8-7-12-10-21-15(18-12)17-9-11-5-3-4-6-13(11)16/h3-6,10H,2,7-9H2,1H3,(H,17,18). The van der Waals surface area contributed by atoms with Gasteiger partial charge in [0, 0.05) is 23.4 Å². The largest absolute Gasteiger partial charge is 0.466 e. The third kappa shape index (κ3) is 5.02. The van der Waals surface area contributed by atoms with E-state index in [1.54, 1.807) is 6.92 Å². The Morgan fingerprint density at radius 1 is 1.43 bits per heavy atom. The molecule has 21 heavy (non-hydrogen) atoms. The van der Waals surface area contributed by atoms with Crippen LogP contribution in [0, 0.1) is 0 Å². The first-order chi connectivity index (χ1) is 10.2. The van der Waals surface area contributed by atoms with Crippen LogP contribution in [0.3, 0.4) is 0 Å². The zero-order chi connectivity index (χ0) is 15.1. The normalized spacial score (nSPS) is 10.4. The maximum absolute atomic E-state index is 11.3. The molecule has 0 aliphatic heterocycles. The number of benzene rings is 1. The molecule has 112 valence electrons. The van der Waals surface area contributed by atoms with Gasteiger partial charge < -0.3 is 10.1 Å². The number of thiazole rings is 1. The molecule has 1 aromatic carbocycles. The molecule has 0 spiro atoms. The van der Waals surface area contributed by atoms with E-state index >= 15 is 0 Å². The van der Waals surface area contributed by atoms with Gasteiger partial charge in [-0.05, 0) is 18.6 Å². The van der Waals surface area contributed by atoms with Crippen LogP contribution >= 0.6 is 22.9 Å². The molecular formula is C15H17ClN2O2S. The summed E-state index contributed by atoms with van der Waals surface area (Å²) in [5.74, 6) is -0.184. The summed E-state index contributed by atoms with van der Waals surface area (Å²) in [5, 5.41) is 6.76. The zero-order valence-electron chi connectivity index (χ0n) is 11.8. The molecular weight excluding hydrogens is 308 g/mol. The highest BCUT2D eigenvalue weighted by Crippen LogP contribution is 2.20. The molecule has 0 atom stereocenters. The minimum atomic E-state index is -0.184. The van der Waals surface area contributed by atoms with Gasteiger partial charge in [-0.25, -0.2) is 4.98 Å². The van der Waals surface area contributed by atoms with Crippen LogP contribution < -0.4 is 5.32 Å². The SMILES string of the molecule is CCOC(=O)CCc1csc(NCc2ccccc2Cl)n1. The van der Waals surface area contributed by atoms with Gasteiger partial charge in [0.25, 0.3) is 0 Å². The summed E-state index contributed by atoms with van der Waals surface area (Å²) in [6, 6.07) is 7.70. The molecule has 0 aliphatic rings. The number of carbonyl (C=O) groups is 1. The number of nitrogens with zero attached hydrogens (tertiary/aromatic N) is 1. The summed E-state index contributed by atoms with van der Waals surface area (Å²) >= 11 is 7.62. The van der Waals surface area contributed by atoms with Crippen LogP contribution in [0.4, 0.5) is 5.13 Å². The first-order valence-electron chi connectivity index (χ1n) is 6.76. The molecule has 2 aromatic rings. The zero-order valence-corrected chi connectivity index (χ0v) is 13.3. The number of hydrogen-bond donors (Lipinski definition) is 1. The predicted molar refractivity (Wildman–Crippen MR) is 85.8 cm³/mol. The van der Waals surface area contributed by atoms with E-state index in [1.165, 1.54) is 11.3 Å². The molecule has 2 rings (SSSR count). The van der Waals surface area contributed by atoms with Crippen molar-refractivity contribution < 1.29 is 9.53 Å². The van der Waals surface area contributed by atoms with Crippen molar-refractivity contribution in [3.8, 4) is 0 Å². The van der Waals surface area contributed by atoms with E-state index in [-0.39, 0.29) is 5.97 Å². The number of halogens is 1. The molecule has 0 aliphatic carbocycles. The summed E-state index contributed by atoms with van der Waals surface area (Å²) in [5.41, 5.74) is 1.93. The maximum Gasteiger partial charge on any atom is 0.306 e. The highest BCUT2D eigenvalue weighted by Gasteiger charge is 2.07. The fraction of sp³-hybridized carbons (Fsp3) is 0.333. The molecule has 0 unspecified atom stereocenters. The first-order valence-corrected chi connectivity index (χ1v) is 8.02. The van der Waals surface area contributed by atoms with Crippen molar-refractivity contribution in [2.75, 3.05) is 11.9 Å². The first kappa shape index (κ1) is 15.8. The average molecular weight is 325 g/mol.